The van der Waals surface area contributed by atoms with Crippen molar-refractivity contribution in [2.24, 2.45) is 0 Å². The Hall–Kier alpha value is -7.80. The van der Waals surface area contributed by atoms with Gasteiger partial charge in [-0.05, 0) is 140 Å². The quantitative estimate of drug-likeness (QED) is 0.157. The third-order valence-electron chi connectivity index (χ3n) is 12.6. The molecule has 1 aliphatic rings. The van der Waals surface area contributed by atoms with Gasteiger partial charge in [-0.3, -0.25) is 0 Å². The number of rotatable bonds is 4. The summed E-state index contributed by atoms with van der Waals surface area (Å²) in [7, 11) is 0. The zero-order chi connectivity index (χ0) is 39.6. The summed E-state index contributed by atoms with van der Waals surface area (Å²) in [4.78, 5) is 0. The predicted octanol–water partition coefficient (Wildman–Crippen LogP) is 16.8. The Bertz CT molecular complexity index is 3410. The van der Waals surface area contributed by atoms with Crippen molar-refractivity contribution in [1.82, 2.24) is 0 Å². The maximum Gasteiger partial charge on any atom is -0.00262 e. The lowest BCUT2D eigenvalue weighted by Crippen LogP contribution is -1.97. The molecule has 60 heavy (non-hydrogen) atoms. The first-order valence-corrected chi connectivity index (χ1v) is 20.8. The molecule has 0 atom stereocenters. The molecule has 0 bridgehead atoms. The summed E-state index contributed by atoms with van der Waals surface area (Å²) >= 11 is 0. The Morgan fingerprint density at radius 3 is 1.10 bits per heavy atom. The fraction of sp³-hybridized carbons (Fsp3) is 0. The van der Waals surface area contributed by atoms with E-state index in [1.165, 1.54) is 121 Å². The van der Waals surface area contributed by atoms with E-state index in [4.69, 9.17) is 0 Å². The van der Waals surface area contributed by atoms with Crippen LogP contribution in [0.2, 0.25) is 0 Å². The maximum atomic E-state index is 2.40. The molecular weight excluding hydrogens is 721 g/mol. The van der Waals surface area contributed by atoms with E-state index in [2.05, 4.69) is 231 Å². The second-order valence-corrected chi connectivity index (χ2v) is 16.0. The molecule has 0 radical (unpaired) electrons. The highest BCUT2D eigenvalue weighted by molar-refractivity contribution is 6.21. The SMILES string of the molecule is c1cc(-c2ccc3ccccc3c2)cc(-c2c3ccccc3c(-c3ccc(-c4ccc5c(c4)-c4ccccc4-c4ccccc4-c4ccccc4-5)cc3)c3ccccc23)c1. The molecular formula is C60H38. The molecule has 11 aromatic carbocycles. The van der Waals surface area contributed by atoms with Gasteiger partial charge in [-0.1, -0.05) is 212 Å². The zero-order valence-corrected chi connectivity index (χ0v) is 32.9. The van der Waals surface area contributed by atoms with Crippen molar-refractivity contribution in [2.75, 3.05) is 0 Å². The van der Waals surface area contributed by atoms with Crippen molar-refractivity contribution in [3.8, 4) is 89.0 Å². The van der Waals surface area contributed by atoms with Crippen molar-refractivity contribution >= 4 is 32.3 Å². The molecule has 0 unspecified atom stereocenters. The third-order valence-corrected chi connectivity index (χ3v) is 12.6. The maximum absolute atomic E-state index is 2.40. The lowest BCUT2D eigenvalue weighted by Gasteiger charge is -2.23. The lowest BCUT2D eigenvalue weighted by atomic mass is 9.80. The Balaban J connectivity index is 0.982. The average molecular weight is 759 g/mol. The van der Waals surface area contributed by atoms with Gasteiger partial charge in [0.2, 0.25) is 0 Å². The molecule has 0 spiro atoms. The number of benzene rings is 11. The summed E-state index contributed by atoms with van der Waals surface area (Å²) in [6, 6.07) is 85.2. The van der Waals surface area contributed by atoms with E-state index >= 15 is 0 Å². The first kappa shape index (κ1) is 34.3. The Labute approximate surface area is 350 Å². The average Bonchev–Trinajstić information content (AvgIpc) is 3.32. The van der Waals surface area contributed by atoms with E-state index in [1.807, 2.05) is 0 Å². The van der Waals surface area contributed by atoms with E-state index in [9.17, 15) is 0 Å². The standard InChI is InChI=1S/C60H38/c1-2-15-42-36-44(33-30-39(42)14-1)43-16-13-17-46(37-43)60-56-26-11-9-24-54(56)59(55-25-10-12-27-57(55)60)41-31-28-40(29-32-41)45-34-35-53-51-22-6-5-20-49(51)47-18-3-4-19-48(47)50-21-7-8-23-52(50)58(53)38-45/h1-38H. The monoisotopic (exact) mass is 758 g/mol. The molecule has 11 aromatic rings. The van der Waals surface area contributed by atoms with Crippen LogP contribution in [0.5, 0.6) is 0 Å². The minimum Gasteiger partial charge on any atom is -0.0616 e. The topological polar surface area (TPSA) is 0 Å². The molecule has 0 N–H and O–H groups in total. The smallest absolute Gasteiger partial charge is 0.00262 e. The minimum atomic E-state index is 1.20. The van der Waals surface area contributed by atoms with Crippen LogP contribution in [0, 0.1) is 0 Å². The second-order valence-electron chi connectivity index (χ2n) is 16.0. The largest absolute Gasteiger partial charge is 0.0616 e. The summed E-state index contributed by atoms with van der Waals surface area (Å²) < 4.78 is 0. The van der Waals surface area contributed by atoms with Crippen molar-refractivity contribution < 1.29 is 0 Å². The molecule has 0 heteroatoms. The Morgan fingerprint density at radius 1 is 0.167 bits per heavy atom. The molecule has 0 saturated carbocycles. The van der Waals surface area contributed by atoms with Crippen LogP contribution in [-0.4, -0.2) is 0 Å². The molecule has 0 fully saturated rings. The van der Waals surface area contributed by atoms with Crippen LogP contribution in [0.4, 0.5) is 0 Å². The summed E-state index contributed by atoms with van der Waals surface area (Å²) in [6.07, 6.45) is 0. The summed E-state index contributed by atoms with van der Waals surface area (Å²) in [6.45, 7) is 0. The fourth-order valence-electron chi connectivity index (χ4n) is 9.84. The molecule has 0 aliphatic heterocycles. The van der Waals surface area contributed by atoms with Crippen molar-refractivity contribution in [2.45, 2.75) is 0 Å². The van der Waals surface area contributed by atoms with Crippen molar-refractivity contribution in [1.29, 1.82) is 0 Å². The van der Waals surface area contributed by atoms with Crippen LogP contribution in [-0.2, 0) is 0 Å². The summed E-state index contributed by atoms with van der Waals surface area (Å²) in [5, 5.41) is 7.54. The van der Waals surface area contributed by atoms with Crippen LogP contribution < -0.4 is 0 Å². The van der Waals surface area contributed by atoms with Crippen LogP contribution in [0.1, 0.15) is 0 Å². The predicted molar refractivity (Wildman–Crippen MR) is 256 cm³/mol. The summed E-state index contributed by atoms with van der Waals surface area (Å²) in [5.74, 6) is 0. The van der Waals surface area contributed by atoms with Gasteiger partial charge in [0.15, 0.2) is 0 Å². The molecule has 0 heterocycles. The van der Waals surface area contributed by atoms with E-state index in [0.29, 0.717) is 0 Å². The van der Waals surface area contributed by atoms with Crippen molar-refractivity contribution in [3.63, 3.8) is 0 Å². The van der Waals surface area contributed by atoms with Gasteiger partial charge in [-0.2, -0.15) is 0 Å². The number of fused-ring (bicyclic) bond motifs is 11. The van der Waals surface area contributed by atoms with E-state index < -0.39 is 0 Å². The molecule has 12 rings (SSSR count). The van der Waals surface area contributed by atoms with Gasteiger partial charge in [0.05, 0.1) is 0 Å². The third kappa shape index (κ3) is 5.53. The van der Waals surface area contributed by atoms with Gasteiger partial charge in [0.1, 0.15) is 0 Å². The highest BCUT2D eigenvalue weighted by Crippen LogP contribution is 2.49. The van der Waals surface area contributed by atoms with Crippen LogP contribution in [0.3, 0.4) is 0 Å². The molecule has 1 aliphatic carbocycles. The van der Waals surface area contributed by atoms with Crippen LogP contribution in [0.25, 0.3) is 121 Å². The summed E-state index contributed by atoms with van der Waals surface area (Å²) in [5.41, 5.74) is 19.9. The van der Waals surface area contributed by atoms with Crippen LogP contribution >= 0.6 is 0 Å². The molecule has 0 nitrogen and oxygen atoms in total. The van der Waals surface area contributed by atoms with Gasteiger partial charge in [0, 0.05) is 0 Å². The van der Waals surface area contributed by atoms with Crippen molar-refractivity contribution in [3.05, 3.63) is 231 Å². The number of hydrogen-bond donors (Lipinski definition) is 0. The molecule has 0 aromatic heterocycles. The highest BCUT2D eigenvalue weighted by atomic mass is 14.3. The second kappa shape index (κ2) is 13.9. The normalized spacial score (nSPS) is 11.7. The highest BCUT2D eigenvalue weighted by Gasteiger charge is 2.22. The van der Waals surface area contributed by atoms with E-state index in [0.717, 1.165) is 0 Å². The first-order valence-electron chi connectivity index (χ1n) is 20.8. The minimum absolute atomic E-state index is 1.20. The fourth-order valence-corrected chi connectivity index (χ4v) is 9.84. The van der Waals surface area contributed by atoms with Gasteiger partial charge < -0.3 is 0 Å². The van der Waals surface area contributed by atoms with Gasteiger partial charge in [-0.25, -0.2) is 0 Å². The Kier molecular flexibility index (Phi) is 7.96. The van der Waals surface area contributed by atoms with Gasteiger partial charge in [0.25, 0.3) is 0 Å². The van der Waals surface area contributed by atoms with E-state index in [-0.39, 0.29) is 0 Å². The lowest BCUT2D eigenvalue weighted by molar-refractivity contribution is 1.51. The molecule has 0 amide bonds. The first-order chi connectivity index (χ1) is 29.8. The van der Waals surface area contributed by atoms with Crippen LogP contribution in [0.15, 0.2) is 231 Å². The molecule has 0 saturated heterocycles. The van der Waals surface area contributed by atoms with Gasteiger partial charge in [-0.15, -0.1) is 0 Å². The zero-order valence-electron chi connectivity index (χ0n) is 32.9. The molecule has 278 valence electrons. The van der Waals surface area contributed by atoms with Gasteiger partial charge >= 0.3 is 0 Å². The number of hydrogen-bond acceptors (Lipinski definition) is 0. The van der Waals surface area contributed by atoms with E-state index in [1.54, 1.807) is 0 Å². The Morgan fingerprint density at radius 2 is 0.533 bits per heavy atom.